The fourth-order valence-electron chi connectivity index (χ4n) is 6.02. The van der Waals surface area contributed by atoms with Crippen molar-refractivity contribution in [2.24, 2.45) is 11.8 Å². The molecule has 5 nitrogen and oxygen atoms in total. The van der Waals surface area contributed by atoms with Gasteiger partial charge in [0.2, 0.25) is 12.7 Å². The van der Waals surface area contributed by atoms with E-state index >= 15 is 0 Å². The Morgan fingerprint density at radius 1 is 1.04 bits per heavy atom. The van der Waals surface area contributed by atoms with Gasteiger partial charge < -0.3 is 14.4 Å². The van der Waals surface area contributed by atoms with Crippen LogP contribution in [0.5, 0.6) is 11.5 Å². The van der Waals surface area contributed by atoms with Gasteiger partial charge in [-0.1, -0.05) is 18.9 Å². The predicted octanol–water partition coefficient (Wildman–Crippen LogP) is 2.99. The summed E-state index contributed by atoms with van der Waals surface area (Å²) in [7, 11) is 0. The standard InChI is InChI=1S/C22H28N2O3/c25-20(6-3-14-1-2-14)24-12-17(16-4-5-18-19(11-16)27-13-26-18)22-21(24)15-7-9-23(22)10-8-15/h4-5,11,14-15,17,21-22H,1-3,6-10,12-13H2/t17-,21-,22-/m1/s1. The summed E-state index contributed by atoms with van der Waals surface area (Å²) in [5.74, 6) is 3.99. The molecule has 1 aromatic rings. The molecular formula is C22H28N2O3. The third kappa shape index (κ3) is 2.65. The van der Waals surface area contributed by atoms with E-state index in [1.54, 1.807) is 0 Å². The van der Waals surface area contributed by atoms with Gasteiger partial charge in [0.05, 0.1) is 6.04 Å². The lowest BCUT2D eigenvalue weighted by Gasteiger charge is -2.51. The van der Waals surface area contributed by atoms with Crippen LogP contribution in [0, 0.1) is 11.8 Å². The number of ether oxygens (including phenoxy) is 2. The van der Waals surface area contributed by atoms with Crippen molar-refractivity contribution in [3.8, 4) is 11.5 Å². The van der Waals surface area contributed by atoms with E-state index in [0.29, 0.717) is 36.6 Å². The molecule has 0 radical (unpaired) electrons. The van der Waals surface area contributed by atoms with Crippen LogP contribution in [0.15, 0.2) is 18.2 Å². The molecule has 0 aromatic heterocycles. The molecule has 4 saturated heterocycles. The average molecular weight is 368 g/mol. The number of hydrogen-bond acceptors (Lipinski definition) is 4. The second-order valence-electron chi connectivity index (χ2n) is 9.10. The van der Waals surface area contributed by atoms with Crippen molar-refractivity contribution in [3.63, 3.8) is 0 Å². The van der Waals surface area contributed by atoms with E-state index in [-0.39, 0.29) is 0 Å². The highest BCUT2D eigenvalue weighted by Gasteiger charge is 2.54. The minimum Gasteiger partial charge on any atom is -0.454 e. The maximum absolute atomic E-state index is 13.1. The Morgan fingerprint density at radius 2 is 1.85 bits per heavy atom. The van der Waals surface area contributed by atoms with Gasteiger partial charge in [0.1, 0.15) is 0 Å². The van der Waals surface area contributed by atoms with Gasteiger partial charge in [0, 0.05) is 24.9 Å². The Hall–Kier alpha value is -1.75. The molecule has 0 spiro atoms. The first-order chi connectivity index (χ1) is 13.3. The molecule has 6 aliphatic rings. The van der Waals surface area contributed by atoms with Crippen LogP contribution in [0.2, 0.25) is 0 Å². The first-order valence-corrected chi connectivity index (χ1v) is 10.7. The highest BCUT2D eigenvalue weighted by Crippen LogP contribution is 2.48. The van der Waals surface area contributed by atoms with Crippen molar-refractivity contribution in [3.05, 3.63) is 23.8 Å². The average Bonchev–Trinajstić information content (AvgIpc) is 3.25. The van der Waals surface area contributed by atoms with Crippen molar-refractivity contribution in [1.82, 2.24) is 9.80 Å². The molecular weight excluding hydrogens is 340 g/mol. The molecule has 5 heteroatoms. The summed E-state index contributed by atoms with van der Waals surface area (Å²) >= 11 is 0. The molecule has 1 amide bonds. The van der Waals surface area contributed by atoms with E-state index < -0.39 is 0 Å². The molecule has 3 atom stereocenters. The molecule has 1 aliphatic carbocycles. The van der Waals surface area contributed by atoms with Crippen LogP contribution in [0.3, 0.4) is 0 Å². The summed E-state index contributed by atoms with van der Waals surface area (Å²) in [6, 6.07) is 7.28. The molecule has 0 unspecified atom stereocenters. The van der Waals surface area contributed by atoms with Gasteiger partial charge in [-0.25, -0.2) is 0 Å². The second kappa shape index (κ2) is 6.13. The third-order valence-corrected chi connectivity index (χ3v) is 7.60. The zero-order chi connectivity index (χ0) is 18.0. The van der Waals surface area contributed by atoms with Gasteiger partial charge in [-0.05, 0) is 61.9 Å². The number of hydrogen-bond donors (Lipinski definition) is 0. The number of carbonyl (C=O) groups excluding carboxylic acids is 1. The molecule has 1 aromatic carbocycles. The number of nitrogens with zero attached hydrogens (tertiary/aromatic N) is 2. The lowest BCUT2D eigenvalue weighted by Crippen LogP contribution is -2.60. The topological polar surface area (TPSA) is 42.0 Å². The third-order valence-electron chi connectivity index (χ3n) is 7.60. The number of piperidine rings is 3. The molecule has 5 heterocycles. The molecule has 1 saturated carbocycles. The van der Waals surface area contributed by atoms with Crippen LogP contribution in [0.4, 0.5) is 0 Å². The molecule has 5 aliphatic heterocycles. The fourth-order valence-corrected chi connectivity index (χ4v) is 6.02. The van der Waals surface area contributed by atoms with Crippen molar-refractivity contribution in [1.29, 1.82) is 0 Å². The van der Waals surface area contributed by atoms with Crippen LogP contribution >= 0.6 is 0 Å². The predicted molar refractivity (Wildman–Crippen MR) is 101 cm³/mol. The van der Waals surface area contributed by atoms with Crippen LogP contribution < -0.4 is 9.47 Å². The highest BCUT2D eigenvalue weighted by atomic mass is 16.7. The van der Waals surface area contributed by atoms with Crippen LogP contribution in [-0.2, 0) is 4.79 Å². The second-order valence-corrected chi connectivity index (χ2v) is 9.10. The Morgan fingerprint density at radius 3 is 2.67 bits per heavy atom. The summed E-state index contributed by atoms with van der Waals surface area (Å²) in [4.78, 5) is 18.1. The smallest absolute Gasteiger partial charge is 0.231 e. The highest BCUT2D eigenvalue weighted by molar-refractivity contribution is 5.77. The zero-order valence-corrected chi connectivity index (χ0v) is 15.8. The van der Waals surface area contributed by atoms with E-state index in [1.165, 1.54) is 44.3 Å². The van der Waals surface area contributed by atoms with E-state index in [4.69, 9.17) is 9.47 Å². The van der Waals surface area contributed by atoms with Crippen LogP contribution in [-0.4, -0.2) is 54.2 Å². The van der Waals surface area contributed by atoms with Gasteiger partial charge in [0.25, 0.3) is 0 Å². The van der Waals surface area contributed by atoms with E-state index in [2.05, 4.69) is 21.9 Å². The quantitative estimate of drug-likeness (QED) is 0.819. The van der Waals surface area contributed by atoms with E-state index in [0.717, 1.165) is 36.8 Å². The molecule has 7 rings (SSSR count). The lowest BCUT2D eigenvalue weighted by atomic mass is 9.75. The number of benzene rings is 1. The molecule has 144 valence electrons. The normalized spacial score (nSPS) is 36.1. The zero-order valence-electron chi connectivity index (χ0n) is 15.8. The van der Waals surface area contributed by atoms with Crippen LogP contribution in [0.25, 0.3) is 0 Å². The van der Waals surface area contributed by atoms with E-state index in [1.807, 2.05) is 6.07 Å². The lowest BCUT2D eigenvalue weighted by molar-refractivity contribution is -0.136. The van der Waals surface area contributed by atoms with Gasteiger partial charge in [-0.15, -0.1) is 0 Å². The van der Waals surface area contributed by atoms with E-state index in [9.17, 15) is 4.79 Å². The number of amides is 1. The molecule has 0 N–H and O–H groups in total. The maximum Gasteiger partial charge on any atom is 0.231 e. The van der Waals surface area contributed by atoms with Gasteiger partial charge in [-0.3, -0.25) is 9.69 Å². The largest absolute Gasteiger partial charge is 0.454 e. The number of likely N-dealkylation sites (tertiary alicyclic amines) is 1. The van der Waals surface area contributed by atoms with Gasteiger partial charge in [0.15, 0.2) is 11.5 Å². The maximum atomic E-state index is 13.1. The number of carbonyl (C=O) groups is 1. The van der Waals surface area contributed by atoms with Crippen molar-refractivity contribution >= 4 is 5.91 Å². The molecule has 27 heavy (non-hydrogen) atoms. The Labute approximate surface area is 160 Å². The first kappa shape index (κ1) is 16.2. The molecule has 2 bridgehead atoms. The summed E-state index contributed by atoms with van der Waals surface area (Å²) < 4.78 is 11.1. The minimum atomic E-state index is 0.315. The molecule has 5 fully saturated rings. The Bertz CT molecular complexity index is 754. The Kier molecular flexibility index (Phi) is 3.68. The summed E-state index contributed by atoms with van der Waals surface area (Å²) in [6.07, 6.45) is 7.00. The van der Waals surface area contributed by atoms with Crippen molar-refractivity contribution < 1.29 is 14.3 Å². The van der Waals surface area contributed by atoms with Gasteiger partial charge >= 0.3 is 0 Å². The van der Waals surface area contributed by atoms with Gasteiger partial charge in [-0.2, -0.15) is 0 Å². The monoisotopic (exact) mass is 368 g/mol. The first-order valence-electron chi connectivity index (χ1n) is 10.7. The Balaban J connectivity index is 1.30. The number of rotatable bonds is 4. The minimum absolute atomic E-state index is 0.315. The summed E-state index contributed by atoms with van der Waals surface area (Å²) in [5, 5.41) is 0. The fraction of sp³-hybridized carbons (Fsp3) is 0.682. The SMILES string of the molecule is O=C(CCC1CC1)N1C[C@H](c2ccc3c(c2)OCO3)[C@@H]2[C@H]1C1CCN2CC1. The van der Waals surface area contributed by atoms with Crippen molar-refractivity contribution in [2.45, 2.75) is 56.5 Å². The summed E-state index contributed by atoms with van der Waals surface area (Å²) in [5.41, 5.74) is 1.30. The number of fused-ring (bicyclic) bond motifs is 3. The van der Waals surface area contributed by atoms with Crippen molar-refractivity contribution in [2.75, 3.05) is 26.4 Å². The summed E-state index contributed by atoms with van der Waals surface area (Å²) in [6.45, 7) is 3.56. The van der Waals surface area contributed by atoms with Crippen LogP contribution in [0.1, 0.15) is 50.0 Å².